The Balaban J connectivity index is 1.75. The van der Waals surface area contributed by atoms with E-state index in [0.717, 1.165) is 38.4 Å². The van der Waals surface area contributed by atoms with Gasteiger partial charge in [0, 0.05) is 26.1 Å². The van der Waals surface area contributed by atoms with Crippen LogP contribution in [0.25, 0.3) is 0 Å². The van der Waals surface area contributed by atoms with E-state index in [4.69, 9.17) is 10.1 Å². The normalized spacial score (nSPS) is 28.0. The highest BCUT2D eigenvalue weighted by Crippen LogP contribution is 2.18. The number of rotatable bonds is 2. The highest BCUT2D eigenvalue weighted by molar-refractivity contribution is 5.79. The summed E-state index contributed by atoms with van der Waals surface area (Å²) in [5.41, 5.74) is 0. The Morgan fingerprint density at radius 1 is 1.21 bits per heavy atom. The molecule has 0 bridgehead atoms. The summed E-state index contributed by atoms with van der Waals surface area (Å²) >= 11 is 0. The van der Waals surface area contributed by atoms with Crippen LogP contribution in [0.4, 0.5) is 0 Å². The van der Waals surface area contributed by atoms with Crippen LogP contribution in [0, 0.1) is 5.41 Å². The maximum Gasteiger partial charge on any atom is 0.0983 e. The number of nitrogens with one attached hydrogen (secondary N) is 1. The third-order valence-corrected chi connectivity index (χ3v) is 3.18. The van der Waals surface area contributed by atoms with Gasteiger partial charge in [0.25, 0.3) is 0 Å². The maximum absolute atomic E-state index is 7.99. The SMILES string of the molecule is N=C(CC1CCCO1)N1CCCCC1. The molecule has 1 N–H and O–H groups in total. The molecule has 1 atom stereocenters. The molecule has 1 unspecified atom stereocenters. The molecule has 0 radical (unpaired) electrons. The molecule has 0 amide bonds. The lowest BCUT2D eigenvalue weighted by Gasteiger charge is -2.29. The lowest BCUT2D eigenvalue weighted by molar-refractivity contribution is 0.113. The van der Waals surface area contributed by atoms with Crippen molar-refractivity contribution >= 4 is 5.84 Å². The molecule has 80 valence electrons. The topological polar surface area (TPSA) is 36.3 Å². The fourth-order valence-electron chi connectivity index (χ4n) is 2.31. The van der Waals surface area contributed by atoms with Gasteiger partial charge in [-0.2, -0.15) is 0 Å². The molecule has 0 aliphatic carbocycles. The molecule has 0 spiro atoms. The van der Waals surface area contributed by atoms with Crippen LogP contribution in [0.1, 0.15) is 38.5 Å². The summed E-state index contributed by atoms with van der Waals surface area (Å²) in [6, 6.07) is 0. The first kappa shape index (κ1) is 9.97. The highest BCUT2D eigenvalue weighted by atomic mass is 16.5. The van der Waals surface area contributed by atoms with Crippen molar-refractivity contribution in [2.75, 3.05) is 19.7 Å². The van der Waals surface area contributed by atoms with Gasteiger partial charge in [0.2, 0.25) is 0 Å². The second-order valence-electron chi connectivity index (χ2n) is 4.33. The first-order chi connectivity index (χ1) is 6.86. The smallest absolute Gasteiger partial charge is 0.0983 e. The van der Waals surface area contributed by atoms with Crippen molar-refractivity contribution in [1.82, 2.24) is 4.90 Å². The number of hydrogen-bond donors (Lipinski definition) is 1. The van der Waals surface area contributed by atoms with Crippen molar-refractivity contribution in [2.24, 2.45) is 0 Å². The Hall–Kier alpha value is -0.570. The summed E-state index contributed by atoms with van der Waals surface area (Å²) in [6.07, 6.45) is 7.35. The Morgan fingerprint density at radius 3 is 2.64 bits per heavy atom. The second-order valence-corrected chi connectivity index (χ2v) is 4.33. The van der Waals surface area contributed by atoms with Gasteiger partial charge in [-0.1, -0.05) is 0 Å². The van der Waals surface area contributed by atoms with Crippen molar-refractivity contribution < 1.29 is 4.74 Å². The van der Waals surface area contributed by atoms with Crippen molar-refractivity contribution in [3.63, 3.8) is 0 Å². The van der Waals surface area contributed by atoms with E-state index < -0.39 is 0 Å². The van der Waals surface area contributed by atoms with Crippen molar-refractivity contribution in [2.45, 2.75) is 44.6 Å². The minimum absolute atomic E-state index is 0.337. The van der Waals surface area contributed by atoms with E-state index in [1.54, 1.807) is 0 Å². The monoisotopic (exact) mass is 196 g/mol. The van der Waals surface area contributed by atoms with Gasteiger partial charge in [0.05, 0.1) is 11.9 Å². The molecule has 0 saturated carbocycles. The molecule has 14 heavy (non-hydrogen) atoms. The van der Waals surface area contributed by atoms with E-state index in [2.05, 4.69) is 4.90 Å². The number of ether oxygens (including phenoxy) is 1. The molecule has 0 aromatic heterocycles. The Labute approximate surface area is 85.9 Å². The van der Waals surface area contributed by atoms with Crippen LogP contribution >= 0.6 is 0 Å². The third-order valence-electron chi connectivity index (χ3n) is 3.18. The van der Waals surface area contributed by atoms with E-state index in [-0.39, 0.29) is 0 Å². The van der Waals surface area contributed by atoms with Crippen LogP contribution in [0.15, 0.2) is 0 Å². The number of hydrogen-bond acceptors (Lipinski definition) is 2. The summed E-state index contributed by atoms with van der Waals surface area (Å²) in [4.78, 5) is 2.23. The molecule has 3 heteroatoms. The molecule has 2 aliphatic rings. The van der Waals surface area contributed by atoms with E-state index in [1.165, 1.54) is 25.7 Å². The predicted molar refractivity (Wildman–Crippen MR) is 56.7 cm³/mol. The van der Waals surface area contributed by atoms with E-state index in [1.807, 2.05) is 0 Å². The molecule has 2 saturated heterocycles. The number of nitrogens with zero attached hydrogens (tertiary/aromatic N) is 1. The fourth-order valence-corrected chi connectivity index (χ4v) is 2.31. The van der Waals surface area contributed by atoms with E-state index >= 15 is 0 Å². The van der Waals surface area contributed by atoms with E-state index in [9.17, 15) is 0 Å². The maximum atomic E-state index is 7.99. The van der Waals surface area contributed by atoms with Crippen molar-refractivity contribution in [3.8, 4) is 0 Å². The van der Waals surface area contributed by atoms with Gasteiger partial charge in [-0.05, 0) is 32.1 Å². The van der Waals surface area contributed by atoms with Gasteiger partial charge in [-0.3, -0.25) is 5.41 Å². The lowest BCUT2D eigenvalue weighted by Crippen LogP contribution is -2.36. The molecule has 2 fully saturated rings. The Bertz CT molecular complexity index is 193. The zero-order chi connectivity index (χ0) is 9.80. The standard InChI is InChI=1S/C11H20N2O/c12-11(9-10-5-4-8-14-10)13-6-2-1-3-7-13/h10,12H,1-9H2. The molecule has 0 aromatic rings. The van der Waals surface area contributed by atoms with Crippen LogP contribution in [-0.2, 0) is 4.74 Å². The molecule has 3 nitrogen and oxygen atoms in total. The predicted octanol–water partition coefficient (Wildman–Crippen LogP) is 2.02. The number of amidine groups is 1. The van der Waals surface area contributed by atoms with Gasteiger partial charge < -0.3 is 9.64 Å². The summed E-state index contributed by atoms with van der Waals surface area (Å²) in [6.45, 7) is 3.08. The zero-order valence-corrected chi connectivity index (χ0v) is 8.80. The van der Waals surface area contributed by atoms with Gasteiger partial charge in [-0.15, -0.1) is 0 Å². The minimum Gasteiger partial charge on any atom is -0.378 e. The van der Waals surface area contributed by atoms with E-state index in [0.29, 0.717) is 6.10 Å². The quantitative estimate of drug-likeness (QED) is 0.542. The molecule has 0 aromatic carbocycles. The average molecular weight is 196 g/mol. The largest absolute Gasteiger partial charge is 0.378 e. The summed E-state index contributed by atoms with van der Waals surface area (Å²) in [7, 11) is 0. The van der Waals surface area contributed by atoms with Crippen LogP contribution in [0.3, 0.4) is 0 Å². The molecule has 2 aliphatic heterocycles. The lowest BCUT2D eigenvalue weighted by atomic mass is 10.1. The highest BCUT2D eigenvalue weighted by Gasteiger charge is 2.21. The van der Waals surface area contributed by atoms with Crippen molar-refractivity contribution in [1.29, 1.82) is 5.41 Å². The molecular weight excluding hydrogens is 176 g/mol. The Kier molecular flexibility index (Phi) is 3.40. The Morgan fingerprint density at radius 2 is 2.00 bits per heavy atom. The third kappa shape index (κ3) is 2.47. The van der Waals surface area contributed by atoms with Crippen LogP contribution < -0.4 is 0 Å². The average Bonchev–Trinajstić information content (AvgIpc) is 2.72. The fraction of sp³-hybridized carbons (Fsp3) is 0.909. The van der Waals surface area contributed by atoms with Crippen LogP contribution in [0.5, 0.6) is 0 Å². The van der Waals surface area contributed by atoms with Gasteiger partial charge in [0.15, 0.2) is 0 Å². The first-order valence-electron chi connectivity index (χ1n) is 5.80. The first-order valence-corrected chi connectivity index (χ1v) is 5.80. The number of piperidine rings is 1. The molecule has 2 rings (SSSR count). The zero-order valence-electron chi connectivity index (χ0n) is 8.80. The molecular formula is C11H20N2O. The summed E-state index contributed by atoms with van der Waals surface area (Å²) in [5, 5.41) is 7.99. The summed E-state index contributed by atoms with van der Waals surface area (Å²) < 4.78 is 5.55. The van der Waals surface area contributed by atoms with Gasteiger partial charge in [-0.25, -0.2) is 0 Å². The van der Waals surface area contributed by atoms with Crippen LogP contribution in [0.2, 0.25) is 0 Å². The minimum atomic E-state index is 0.337. The second kappa shape index (κ2) is 4.78. The van der Waals surface area contributed by atoms with Gasteiger partial charge >= 0.3 is 0 Å². The van der Waals surface area contributed by atoms with Gasteiger partial charge in [0.1, 0.15) is 0 Å². The number of likely N-dealkylation sites (tertiary alicyclic amines) is 1. The molecule has 2 heterocycles. The van der Waals surface area contributed by atoms with Crippen molar-refractivity contribution in [3.05, 3.63) is 0 Å². The summed E-state index contributed by atoms with van der Waals surface area (Å²) in [5.74, 6) is 0.802. The van der Waals surface area contributed by atoms with Crippen LogP contribution in [-0.4, -0.2) is 36.5 Å².